The summed E-state index contributed by atoms with van der Waals surface area (Å²) in [7, 11) is 0. The van der Waals surface area contributed by atoms with Gasteiger partial charge < -0.3 is 36.9 Å². The number of anilines is 3. The quantitative estimate of drug-likeness (QED) is 0.306. The molecule has 0 aliphatic carbocycles. The highest BCUT2D eigenvalue weighted by Crippen LogP contribution is 2.29. The summed E-state index contributed by atoms with van der Waals surface area (Å²) in [5.41, 5.74) is 16.0. The second-order valence-electron chi connectivity index (χ2n) is 7.65. The van der Waals surface area contributed by atoms with Crippen molar-refractivity contribution in [3.63, 3.8) is 0 Å². The van der Waals surface area contributed by atoms with E-state index in [1.807, 2.05) is 0 Å². The van der Waals surface area contributed by atoms with Crippen LogP contribution in [0.15, 0.2) is 53.5 Å². The number of carbonyl (C=O) groups excluding carboxylic acids is 2. The fraction of sp³-hybridized carbons (Fsp3) is 0.238. The van der Waals surface area contributed by atoms with E-state index >= 15 is 0 Å². The largest absolute Gasteiger partial charge is 0.405 e. The molecule has 1 saturated heterocycles. The average molecular weight is 468 g/mol. The van der Waals surface area contributed by atoms with Crippen LogP contribution >= 0.6 is 0 Å². The lowest BCUT2D eigenvalue weighted by Gasteiger charge is -2.40. The molecule has 0 spiro atoms. The maximum absolute atomic E-state index is 13.3. The van der Waals surface area contributed by atoms with E-state index in [-0.39, 0.29) is 19.0 Å². The summed E-state index contributed by atoms with van der Waals surface area (Å²) >= 11 is 0. The number of aliphatic hydroxyl groups is 1. The number of nitrogens with one attached hydrogen (secondary N) is 1. The summed E-state index contributed by atoms with van der Waals surface area (Å²) in [6.45, 7) is 1.61. The minimum absolute atomic E-state index is 0.0744. The number of carbonyl (C=O) groups is 2. The number of aliphatic hydroxyl groups excluding tert-OH is 1. The van der Waals surface area contributed by atoms with Gasteiger partial charge in [-0.1, -0.05) is 5.16 Å². The van der Waals surface area contributed by atoms with Crippen molar-refractivity contribution in [2.75, 3.05) is 29.1 Å². The second kappa shape index (κ2) is 8.88. The lowest BCUT2D eigenvalue weighted by molar-refractivity contribution is -0.170. The molecule has 178 valence electrons. The molecule has 2 aromatic heterocycles. The summed E-state index contributed by atoms with van der Waals surface area (Å²) in [4.78, 5) is 27.4. The summed E-state index contributed by atoms with van der Waals surface area (Å²) in [6.07, 6.45) is 3.94. The number of rotatable bonds is 6. The maximum Gasteiger partial charge on any atom is 0.263 e. The molecule has 2 amide bonds. The Morgan fingerprint density at radius 2 is 2.15 bits per heavy atom. The van der Waals surface area contributed by atoms with Gasteiger partial charge in [0.1, 0.15) is 0 Å². The van der Waals surface area contributed by atoms with Crippen molar-refractivity contribution in [2.45, 2.75) is 18.6 Å². The van der Waals surface area contributed by atoms with Gasteiger partial charge in [-0.2, -0.15) is 0 Å². The van der Waals surface area contributed by atoms with Crippen molar-refractivity contribution in [3.8, 4) is 0 Å². The molecular formula is C21H24N8O5. The van der Waals surface area contributed by atoms with Crippen molar-refractivity contribution in [3.05, 3.63) is 48.9 Å². The predicted molar refractivity (Wildman–Crippen MR) is 124 cm³/mol. The Labute approximate surface area is 193 Å². The Morgan fingerprint density at radius 1 is 1.35 bits per heavy atom. The number of aromatic nitrogens is 3. The molecule has 0 bridgehead atoms. The normalized spacial score (nSPS) is 20.2. The Kier molecular flexibility index (Phi) is 5.96. The summed E-state index contributed by atoms with van der Waals surface area (Å²) in [6, 6.07) is 6.30. The summed E-state index contributed by atoms with van der Waals surface area (Å²) < 4.78 is 12.1. The van der Waals surface area contributed by atoms with E-state index < -0.39 is 23.5 Å². The van der Waals surface area contributed by atoms with Crippen LogP contribution in [0.2, 0.25) is 0 Å². The van der Waals surface area contributed by atoms with Crippen LogP contribution in [-0.2, 0) is 14.3 Å². The van der Waals surface area contributed by atoms with Crippen molar-refractivity contribution < 1.29 is 24.0 Å². The van der Waals surface area contributed by atoms with E-state index in [0.29, 0.717) is 28.2 Å². The van der Waals surface area contributed by atoms with Crippen molar-refractivity contribution in [2.24, 2.45) is 11.5 Å². The third-order valence-corrected chi connectivity index (χ3v) is 5.48. The number of nitrogens with two attached hydrogens (primary N) is 3. The smallest absolute Gasteiger partial charge is 0.263 e. The third-order valence-electron chi connectivity index (χ3n) is 5.48. The van der Waals surface area contributed by atoms with Gasteiger partial charge in [-0.15, -0.1) is 5.10 Å². The number of nitrogen functional groups attached to an aromatic ring is 1. The highest BCUT2D eigenvalue weighted by molar-refractivity contribution is 6.06. The van der Waals surface area contributed by atoms with Gasteiger partial charge in [0, 0.05) is 30.2 Å². The molecule has 3 aromatic rings. The first-order valence-electron chi connectivity index (χ1n) is 10.2. The molecule has 13 heteroatoms. The molecule has 1 aliphatic rings. The molecule has 1 aliphatic heterocycles. The third kappa shape index (κ3) is 3.93. The van der Waals surface area contributed by atoms with E-state index in [0.717, 1.165) is 0 Å². The number of hydrogen-bond acceptors (Lipinski definition) is 10. The number of fused-ring (bicyclic) bond motifs is 1. The molecule has 1 fully saturated rings. The van der Waals surface area contributed by atoms with Gasteiger partial charge in [0.15, 0.2) is 28.9 Å². The zero-order valence-electron chi connectivity index (χ0n) is 18.2. The van der Waals surface area contributed by atoms with Gasteiger partial charge in [-0.3, -0.25) is 14.5 Å². The van der Waals surface area contributed by atoms with Gasteiger partial charge in [-0.25, -0.2) is 4.68 Å². The zero-order chi connectivity index (χ0) is 24.5. The first-order chi connectivity index (χ1) is 16.3. The van der Waals surface area contributed by atoms with E-state index in [1.165, 1.54) is 35.0 Å². The van der Waals surface area contributed by atoms with Crippen molar-refractivity contribution in [1.82, 2.24) is 14.9 Å². The second-order valence-corrected chi connectivity index (χ2v) is 7.65. The van der Waals surface area contributed by atoms with Crippen LogP contribution in [0.3, 0.4) is 0 Å². The molecular weight excluding hydrogens is 444 g/mol. The SMILES string of the molecule is CC1(C(O)C(=O)Nc2ccc3c(N)noc3c2)OCCN(c2ccn(C(=CN)/C=C\N)n2)C1=O. The first kappa shape index (κ1) is 22.8. The van der Waals surface area contributed by atoms with Crippen LogP contribution in [0.5, 0.6) is 0 Å². The van der Waals surface area contributed by atoms with Gasteiger partial charge in [0.05, 0.1) is 24.2 Å². The van der Waals surface area contributed by atoms with Gasteiger partial charge in [-0.05, 0) is 31.3 Å². The van der Waals surface area contributed by atoms with Gasteiger partial charge in [0.25, 0.3) is 11.8 Å². The monoisotopic (exact) mass is 468 g/mol. The number of hydrogen-bond donors (Lipinski definition) is 5. The van der Waals surface area contributed by atoms with Crippen LogP contribution in [0.1, 0.15) is 6.92 Å². The standard InChI is InChI=1S/C21H24N8O5/c1-21(17(30)19(31)25-12-2-3-14-15(10-12)34-27-18(14)24)20(32)28(8-9-33-21)16-5-7-29(26-16)13(11-23)4-6-22/h2-7,10-11,17,30H,8-9,22-23H2,1H3,(H2,24,27)(H,25,31)/b6-4-,13-11?. The number of benzene rings is 1. The molecule has 1 aromatic carbocycles. The first-order valence-corrected chi connectivity index (χ1v) is 10.2. The zero-order valence-corrected chi connectivity index (χ0v) is 18.2. The fourth-order valence-corrected chi connectivity index (χ4v) is 3.60. The molecule has 4 rings (SSSR count). The van der Waals surface area contributed by atoms with Gasteiger partial charge in [0.2, 0.25) is 0 Å². The molecule has 0 radical (unpaired) electrons. The number of ether oxygens (including phenoxy) is 1. The lowest BCUT2D eigenvalue weighted by Crippen LogP contribution is -2.63. The topological polar surface area (TPSA) is 201 Å². The summed E-state index contributed by atoms with van der Waals surface area (Å²) in [5, 5.41) is 21.9. The minimum atomic E-state index is -1.85. The number of amides is 2. The molecule has 34 heavy (non-hydrogen) atoms. The van der Waals surface area contributed by atoms with E-state index in [9.17, 15) is 14.7 Å². The highest BCUT2D eigenvalue weighted by Gasteiger charge is 2.51. The highest BCUT2D eigenvalue weighted by atomic mass is 16.5. The minimum Gasteiger partial charge on any atom is -0.405 e. The van der Waals surface area contributed by atoms with Gasteiger partial charge >= 0.3 is 0 Å². The molecule has 13 nitrogen and oxygen atoms in total. The molecule has 2 unspecified atom stereocenters. The lowest BCUT2D eigenvalue weighted by atomic mass is 9.94. The number of morpholine rings is 1. The molecule has 3 heterocycles. The van der Waals surface area contributed by atoms with E-state index in [1.54, 1.807) is 30.5 Å². The molecule has 8 N–H and O–H groups in total. The Hall–Kier alpha value is -4.36. The van der Waals surface area contributed by atoms with Crippen LogP contribution in [0, 0.1) is 0 Å². The maximum atomic E-state index is 13.3. The predicted octanol–water partition coefficient (Wildman–Crippen LogP) is -0.0425. The number of allylic oxidation sites excluding steroid dienone is 2. The Balaban J connectivity index is 1.52. The number of nitrogens with zero attached hydrogens (tertiary/aromatic N) is 4. The van der Waals surface area contributed by atoms with Crippen molar-refractivity contribution >= 4 is 45.8 Å². The van der Waals surface area contributed by atoms with Crippen molar-refractivity contribution in [1.29, 1.82) is 0 Å². The Bertz CT molecular complexity index is 1300. The van der Waals surface area contributed by atoms with E-state index in [4.69, 9.17) is 26.5 Å². The van der Waals surface area contributed by atoms with Crippen LogP contribution in [0.4, 0.5) is 17.3 Å². The molecule has 2 atom stereocenters. The Morgan fingerprint density at radius 3 is 2.88 bits per heavy atom. The fourth-order valence-electron chi connectivity index (χ4n) is 3.60. The van der Waals surface area contributed by atoms with Crippen LogP contribution < -0.4 is 27.4 Å². The summed E-state index contributed by atoms with van der Waals surface area (Å²) in [5.74, 6) is -0.947. The average Bonchev–Trinajstić information content (AvgIpc) is 3.46. The molecule has 0 saturated carbocycles. The van der Waals surface area contributed by atoms with Crippen LogP contribution in [-0.4, -0.2) is 56.7 Å². The van der Waals surface area contributed by atoms with Crippen LogP contribution in [0.25, 0.3) is 16.7 Å². The van der Waals surface area contributed by atoms with E-state index in [2.05, 4.69) is 15.6 Å².